The van der Waals surface area contributed by atoms with Gasteiger partial charge in [-0.1, -0.05) is 6.92 Å². The SMILES string of the molecule is CCCN(CCC(N)=O)C1CC2CCC(C1)N2. The number of carbonyl (C=O) groups is 1. The Morgan fingerprint density at radius 3 is 2.47 bits per heavy atom. The predicted molar refractivity (Wildman–Crippen MR) is 68.6 cm³/mol. The van der Waals surface area contributed by atoms with Crippen LogP contribution in [0.5, 0.6) is 0 Å². The van der Waals surface area contributed by atoms with Gasteiger partial charge in [-0.25, -0.2) is 0 Å². The molecule has 2 bridgehead atoms. The van der Waals surface area contributed by atoms with Crippen molar-refractivity contribution in [3.63, 3.8) is 0 Å². The predicted octanol–water partition coefficient (Wildman–Crippen LogP) is 0.857. The van der Waals surface area contributed by atoms with Gasteiger partial charge >= 0.3 is 0 Å². The highest BCUT2D eigenvalue weighted by Crippen LogP contribution is 2.29. The maximum atomic E-state index is 10.9. The quantitative estimate of drug-likeness (QED) is 0.722. The molecule has 2 aliphatic heterocycles. The molecule has 17 heavy (non-hydrogen) atoms. The van der Waals surface area contributed by atoms with Gasteiger partial charge in [0.1, 0.15) is 0 Å². The monoisotopic (exact) mass is 239 g/mol. The Balaban J connectivity index is 1.88. The zero-order chi connectivity index (χ0) is 12.3. The molecular formula is C13H25N3O. The molecule has 0 aromatic heterocycles. The average molecular weight is 239 g/mol. The summed E-state index contributed by atoms with van der Waals surface area (Å²) < 4.78 is 0. The molecule has 0 aromatic carbocycles. The number of fused-ring (bicyclic) bond motifs is 2. The lowest BCUT2D eigenvalue weighted by Crippen LogP contribution is -2.49. The summed E-state index contributed by atoms with van der Waals surface area (Å²) in [5.41, 5.74) is 5.26. The standard InChI is InChI=1S/C13H25N3O/c1-2-6-16(7-5-13(14)17)12-8-10-3-4-11(9-12)15-10/h10-12,15H,2-9H2,1H3,(H2,14,17). The minimum atomic E-state index is -0.178. The summed E-state index contributed by atoms with van der Waals surface area (Å²) in [6.07, 6.45) is 6.80. The number of piperidine rings is 1. The van der Waals surface area contributed by atoms with Gasteiger partial charge in [-0.05, 0) is 38.6 Å². The first kappa shape index (κ1) is 12.8. The minimum absolute atomic E-state index is 0.178. The van der Waals surface area contributed by atoms with Crippen molar-refractivity contribution < 1.29 is 4.79 Å². The van der Waals surface area contributed by atoms with E-state index >= 15 is 0 Å². The van der Waals surface area contributed by atoms with Gasteiger partial charge in [-0.2, -0.15) is 0 Å². The first-order chi connectivity index (χ1) is 8.19. The van der Waals surface area contributed by atoms with Gasteiger partial charge in [0.15, 0.2) is 0 Å². The van der Waals surface area contributed by atoms with Gasteiger partial charge in [0.05, 0.1) is 0 Å². The molecule has 2 saturated heterocycles. The van der Waals surface area contributed by atoms with Crippen LogP contribution < -0.4 is 11.1 Å². The maximum Gasteiger partial charge on any atom is 0.218 e. The van der Waals surface area contributed by atoms with Gasteiger partial charge in [0.2, 0.25) is 5.91 Å². The Morgan fingerprint density at radius 1 is 1.29 bits per heavy atom. The van der Waals surface area contributed by atoms with Crippen LogP contribution in [0.25, 0.3) is 0 Å². The smallest absolute Gasteiger partial charge is 0.218 e. The molecule has 98 valence electrons. The third-order valence-electron chi connectivity index (χ3n) is 4.12. The van der Waals surface area contributed by atoms with Crippen molar-refractivity contribution in [1.29, 1.82) is 0 Å². The lowest BCUT2D eigenvalue weighted by Gasteiger charge is -2.37. The van der Waals surface area contributed by atoms with E-state index in [1.54, 1.807) is 0 Å². The fourth-order valence-corrected chi connectivity index (χ4v) is 3.34. The molecule has 0 saturated carbocycles. The van der Waals surface area contributed by atoms with Gasteiger partial charge in [0, 0.05) is 31.1 Å². The van der Waals surface area contributed by atoms with E-state index in [0.717, 1.165) is 19.5 Å². The number of primary amides is 1. The van der Waals surface area contributed by atoms with Gasteiger partial charge in [-0.15, -0.1) is 0 Å². The van der Waals surface area contributed by atoms with Crippen molar-refractivity contribution >= 4 is 5.91 Å². The summed E-state index contributed by atoms with van der Waals surface area (Å²) in [4.78, 5) is 13.4. The number of amides is 1. The number of hydrogen-bond acceptors (Lipinski definition) is 3. The lowest BCUT2D eigenvalue weighted by atomic mass is 9.97. The molecule has 4 nitrogen and oxygen atoms in total. The van der Waals surface area contributed by atoms with E-state index < -0.39 is 0 Å². The second-order valence-electron chi connectivity index (χ2n) is 5.52. The van der Waals surface area contributed by atoms with E-state index in [1.165, 1.54) is 25.7 Å². The van der Waals surface area contributed by atoms with Crippen LogP contribution in [-0.4, -0.2) is 42.0 Å². The van der Waals surface area contributed by atoms with Crippen LogP contribution in [0.15, 0.2) is 0 Å². The zero-order valence-electron chi connectivity index (χ0n) is 10.8. The second kappa shape index (κ2) is 5.83. The summed E-state index contributed by atoms with van der Waals surface area (Å²) in [5.74, 6) is -0.178. The summed E-state index contributed by atoms with van der Waals surface area (Å²) in [6, 6.07) is 2.09. The summed E-state index contributed by atoms with van der Waals surface area (Å²) in [6.45, 7) is 4.14. The van der Waals surface area contributed by atoms with E-state index in [4.69, 9.17) is 5.73 Å². The number of nitrogens with zero attached hydrogens (tertiary/aromatic N) is 1. The highest BCUT2D eigenvalue weighted by Gasteiger charge is 2.35. The normalized spacial score (nSPS) is 32.0. The Labute approximate surface area is 104 Å². The van der Waals surface area contributed by atoms with Crippen LogP contribution in [0.2, 0.25) is 0 Å². The molecule has 2 atom stereocenters. The molecule has 2 heterocycles. The highest BCUT2D eigenvalue weighted by molar-refractivity contribution is 5.73. The third kappa shape index (κ3) is 3.42. The van der Waals surface area contributed by atoms with Gasteiger partial charge in [0.25, 0.3) is 0 Å². The van der Waals surface area contributed by atoms with Gasteiger partial charge in [-0.3, -0.25) is 9.69 Å². The first-order valence-corrected chi connectivity index (χ1v) is 6.97. The van der Waals surface area contributed by atoms with Crippen molar-refractivity contribution in [2.75, 3.05) is 13.1 Å². The number of hydrogen-bond donors (Lipinski definition) is 2. The molecule has 2 fully saturated rings. The van der Waals surface area contributed by atoms with Crippen LogP contribution >= 0.6 is 0 Å². The lowest BCUT2D eigenvalue weighted by molar-refractivity contribution is -0.118. The molecule has 2 aliphatic rings. The highest BCUT2D eigenvalue weighted by atomic mass is 16.1. The van der Waals surface area contributed by atoms with Crippen molar-refractivity contribution in [3.05, 3.63) is 0 Å². The average Bonchev–Trinajstić information content (AvgIpc) is 2.63. The summed E-state index contributed by atoms with van der Waals surface area (Å²) >= 11 is 0. The van der Waals surface area contributed by atoms with Crippen LogP contribution in [0.4, 0.5) is 0 Å². The largest absolute Gasteiger partial charge is 0.370 e. The fraction of sp³-hybridized carbons (Fsp3) is 0.923. The molecular weight excluding hydrogens is 214 g/mol. The Hall–Kier alpha value is -0.610. The van der Waals surface area contributed by atoms with Crippen LogP contribution in [0, 0.1) is 0 Å². The minimum Gasteiger partial charge on any atom is -0.370 e. The molecule has 1 amide bonds. The van der Waals surface area contributed by atoms with Gasteiger partial charge < -0.3 is 11.1 Å². The van der Waals surface area contributed by atoms with E-state index in [2.05, 4.69) is 17.1 Å². The molecule has 0 spiro atoms. The topological polar surface area (TPSA) is 58.4 Å². The van der Waals surface area contributed by atoms with Crippen molar-refractivity contribution in [2.45, 2.75) is 63.6 Å². The Kier molecular flexibility index (Phi) is 4.40. The summed E-state index contributed by atoms with van der Waals surface area (Å²) in [7, 11) is 0. The molecule has 2 rings (SSSR count). The molecule has 4 heteroatoms. The van der Waals surface area contributed by atoms with Crippen LogP contribution in [-0.2, 0) is 4.79 Å². The molecule has 3 N–H and O–H groups in total. The molecule has 0 aliphatic carbocycles. The Bertz CT molecular complexity index is 257. The van der Waals surface area contributed by atoms with E-state index in [-0.39, 0.29) is 5.91 Å². The maximum absolute atomic E-state index is 10.9. The molecule has 0 radical (unpaired) electrons. The Morgan fingerprint density at radius 2 is 1.94 bits per heavy atom. The number of nitrogens with two attached hydrogens (primary N) is 1. The van der Waals surface area contributed by atoms with Crippen LogP contribution in [0.3, 0.4) is 0 Å². The second-order valence-corrected chi connectivity index (χ2v) is 5.52. The van der Waals surface area contributed by atoms with Crippen molar-refractivity contribution in [3.8, 4) is 0 Å². The van der Waals surface area contributed by atoms with Crippen LogP contribution in [0.1, 0.15) is 45.4 Å². The third-order valence-corrected chi connectivity index (χ3v) is 4.12. The van der Waals surface area contributed by atoms with Crippen molar-refractivity contribution in [1.82, 2.24) is 10.2 Å². The number of nitrogens with one attached hydrogen (secondary N) is 1. The van der Waals surface area contributed by atoms with E-state index in [9.17, 15) is 4.79 Å². The van der Waals surface area contributed by atoms with Crippen molar-refractivity contribution in [2.24, 2.45) is 5.73 Å². The first-order valence-electron chi connectivity index (χ1n) is 6.97. The number of rotatable bonds is 6. The van der Waals surface area contributed by atoms with E-state index in [1.807, 2.05) is 0 Å². The molecule has 0 aromatic rings. The zero-order valence-corrected chi connectivity index (χ0v) is 10.8. The number of carbonyl (C=O) groups excluding carboxylic acids is 1. The molecule has 2 unspecified atom stereocenters. The fourth-order valence-electron chi connectivity index (χ4n) is 3.34. The van der Waals surface area contributed by atoms with E-state index in [0.29, 0.717) is 24.5 Å². The summed E-state index contributed by atoms with van der Waals surface area (Å²) in [5, 5.41) is 3.66.